The van der Waals surface area contributed by atoms with Crippen LogP contribution in [-0.4, -0.2) is 62.1 Å². The number of carbonyl (C=O) groups is 3. The van der Waals surface area contributed by atoms with Crippen LogP contribution < -0.4 is 10.2 Å². The number of nitrogens with one attached hydrogen (secondary N) is 1. The van der Waals surface area contributed by atoms with E-state index in [0.717, 1.165) is 0 Å². The fourth-order valence-corrected chi connectivity index (χ4v) is 3.29. The molecule has 1 saturated heterocycles. The zero-order chi connectivity index (χ0) is 22.3. The number of amides is 1. The Kier molecular flexibility index (Phi) is 8.52. The number of carbonyl (C=O) groups excluding carboxylic acids is 3. The van der Waals surface area contributed by atoms with E-state index in [0.29, 0.717) is 37.6 Å². The van der Waals surface area contributed by atoms with E-state index in [4.69, 9.17) is 9.47 Å². The van der Waals surface area contributed by atoms with Gasteiger partial charge in [-0.15, -0.1) is 12.6 Å². The molecule has 1 aliphatic rings. The average Bonchev–Trinajstić information content (AvgIpc) is 2.70. The maximum atomic E-state index is 14.4. The van der Waals surface area contributed by atoms with Gasteiger partial charge in [-0.05, 0) is 32.0 Å². The molecule has 0 aromatic heterocycles. The first-order chi connectivity index (χ1) is 14.3. The quantitative estimate of drug-likeness (QED) is 0.221. The van der Waals surface area contributed by atoms with E-state index in [9.17, 15) is 18.8 Å². The predicted molar refractivity (Wildman–Crippen MR) is 114 cm³/mol. The molecule has 0 atom stereocenters. The van der Waals surface area contributed by atoms with Crippen molar-refractivity contribution in [1.82, 2.24) is 4.90 Å². The fraction of sp³-hybridized carbons (Fsp3) is 0.450. The zero-order valence-corrected chi connectivity index (χ0v) is 18.1. The van der Waals surface area contributed by atoms with E-state index in [-0.39, 0.29) is 29.7 Å². The number of hydrogen-bond acceptors (Lipinski definition) is 8. The average molecular weight is 440 g/mol. The summed E-state index contributed by atoms with van der Waals surface area (Å²) in [6.07, 6.45) is 0. The van der Waals surface area contributed by atoms with Gasteiger partial charge in [-0.1, -0.05) is 0 Å². The number of anilines is 2. The second-order valence-electron chi connectivity index (χ2n) is 6.45. The third-order valence-electron chi connectivity index (χ3n) is 4.47. The predicted octanol–water partition coefficient (Wildman–Crippen LogP) is 2.17. The molecule has 164 valence electrons. The second-order valence-corrected chi connectivity index (χ2v) is 6.90. The molecule has 1 aliphatic heterocycles. The molecular formula is C20H26FN3O5S. The lowest BCUT2D eigenvalue weighted by Crippen LogP contribution is -2.48. The van der Waals surface area contributed by atoms with Crippen molar-refractivity contribution in [3.8, 4) is 0 Å². The SMILES string of the molecule is CCOC(=O)C(C(=O)OCC)=C(S)Nc1ccc(F)c(N2CCN(C(C)=O)CC2)c1. The molecule has 1 amide bonds. The molecule has 0 aliphatic carbocycles. The number of halogens is 1. The van der Waals surface area contributed by atoms with Crippen LogP contribution >= 0.6 is 12.6 Å². The first-order valence-corrected chi connectivity index (χ1v) is 10.1. The van der Waals surface area contributed by atoms with Crippen molar-refractivity contribution in [2.45, 2.75) is 20.8 Å². The fourth-order valence-electron chi connectivity index (χ4n) is 2.98. The number of piperazine rings is 1. The van der Waals surface area contributed by atoms with Crippen LogP contribution in [0, 0.1) is 5.82 Å². The molecule has 30 heavy (non-hydrogen) atoms. The second kappa shape index (κ2) is 10.9. The molecular weight excluding hydrogens is 413 g/mol. The van der Waals surface area contributed by atoms with Crippen molar-refractivity contribution in [2.24, 2.45) is 0 Å². The van der Waals surface area contributed by atoms with Crippen LogP contribution in [0.15, 0.2) is 28.8 Å². The number of rotatable bonds is 7. The van der Waals surface area contributed by atoms with Crippen molar-refractivity contribution in [3.63, 3.8) is 0 Å². The molecule has 0 unspecified atom stereocenters. The molecule has 0 spiro atoms. The lowest BCUT2D eigenvalue weighted by Gasteiger charge is -2.35. The van der Waals surface area contributed by atoms with Crippen molar-refractivity contribution < 1.29 is 28.2 Å². The largest absolute Gasteiger partial charge is 0.462 e. The van der Waals surface area contributed by atoms with Crippen molar-refractivity contribution in [2.75, 3.05) is 49.6 Å². The minimum atomic E-state index is -0.865. The smallest absolute Gasteiger partial charge is 0.348 e. The minimum Gasteiger partial charge on any atom is -0.462 e. The van der Waals surface area contributed by atoms with Crippen LogP contribution in [0.3, 0.4) is 0 Å². The Labute approximate surface area is 180 Å². The summed E-state index contributed by atoms with van der Waals surface area (Å²) < 4.78 is 24.3. The molecule has 1 N–H and O–H groups in total. The number of benzene rings is 1. The van der Waals surface area contributed by atoms with Gasteiger partial charge in [0.15, 0.2) is 5.57 Å². The standard InChI is InChI=1S/C20H26FN3O5S/c1-4-28-19(26)17(20(27)29-5-2)18(30)22-14-6-7-15(21)16(12-14)24-10-8-23(9-11-24)13(3)25/h6-7,12,22,30H,4-5,8-11H2,1-3H3. The van der Waals surface area contributed by atoms with Crippen LogP contribution in [-0.2, 0) is 23.9 Å². The highest BCUT2D eigenvalue weighted by Crippen LogP contribution is 2.27. The van der Waals surface area contributed by atoms with E-state index in [1.807, 2.05) is 4.90 Å². The topological polar surface area (TPSA) is 88.2 Å². The molecule has 8 nitrogen and oxygen atoms in total. The highest BCUT2D eigenvalue weighted by Gasteiger charge is 2.26. The maximum absolute atomic E-state index is 14.4. The molecule has 2 rings (SSSR count). The summed E-state index contributed by atoms with van der Waals surface area (Å²) in [7, 11) is 0. The summed E-state index contributed by atoms with van der Waals surface area (Å²) in [6, 6.07) is 4.31. The van der Waals surface area contributed by atoms with Crippen molar-refractivity contribution in [1.29, 1.82) is 0 Å². The number of nitrogens with zero attached hydrogens (tertiary/aromatic N) is 2. The van der Waals surface area contributed by atoms with E-state index in [2.05, 4.69) is 17.9 Å². The third-order valence-corrected chi connectivity index (χ3v) is 4.81. The molecule has 1 aromatic rings. The number of hydrogen-bond donors (Lipinski definition) is 2. The number of esters is 2. The highest BCUT2D eigenvalue weighted by atomic mass is 32.1. The Morgan fingerprint density at radius 2 is 1.63 bits per heavy atom. The Hall–Kier alpha value is -2.75. The van der Waals surface area contributed by atoms with Gasteiger partial charge in [0, 0.05) is 38.8 Å². The monoisotopic (exact) mass is 439 g/mol. The molecule has 10 heteroatoms. The molecule has 1 fully saturated rings. The third kappa shape index (κ3) is 5.88. The lowest BCUT2D eigenvalue weighted by atomic mass is 10.2. The van der Waals surface area contributed by atoms with Gasteiger partial charge in [-0.2, -0.15) is 0 Å². The molecule has 0 radical (unpaired) electrons. The van der Waals surface area contributed by atoms with Crippen LogP contribution in [0.5, 0.6) is 0 Å². The summed E-state index contributed by atoms with van der Waals surface area (Å²) in [6.45, 7) is 6.87. The van der Waals surface area contributed by atoms with E-state index >= 15 is 0 Å². The first-order valence-electron chi connectivity index (χ1n) is 9.62. The van der Waals surface area contributed by atoms with Gasteiger partial charge in [-0.25, -0.2) is 14.0 Å². The van der Waals surface area contributed by atoms with Crippen LogP contribution in [0.1, 0.15) is 20.8 Å². The van der Waals surface area contributed by atoms with Gasteiger partial charge in [0.2, 0.25) is 5.91 Å². The van der Waals surface area contributed by atoms with Crippen LogP contribution in [0.4, 0.5) is 15.8 Å². The van der Waals surface area contributed by atoms with Gasteiger partial charge in [-0.3, -0.25) is 4.79 Å². The van der Waals surface area contributed by atoms with E-state index in [1.54, 1.807) is 24.8 Å². The Morgan fingerprint density at radius 3 is 2.13 bits per heavy atom. The highest BCUT2D eigenvalue weighted by molar-refractivity contribution is 7.84. The van der Waals surface area contributed by atoms with Gasteiger partial charge >= 0.3 is 11.9 Å². The van der Waals surface area contributed by atoms with E-state index in [1.165, 1.54) is 19.1 Å². The van der Waals surface area contributed by atoms with Gasteiger partial charge in [0.1, 0.15) is 5.82 Å². The lowest BCUT2D eigenvalue weighted by molar-refractivity contribution is -0.146. The summed E-state index contributed by atoms with van der Waals surface area (Å²) >= 11 is 4.24. The van der Waals surface area contributed by atoms with Crippen LogP contribution in [0.25, 0.3) is 0 Å². The summed E-state index contributed by atoms with van der Waals surface area (Å²) in [4.78, 5) is 39.4. The zero-order valence-electron chi connectivity index (χ0n) is 17.2. The Morgan fingerprint density at radius 1 is 1.07 bits per heavy atom. The summed E-state index contributed by atoms with van der Waals surface area (Å²) in [5.74, 6) is -2.16. The van der Waals surface area contributed by atoms with Gasteiger partial charge < -0.3 is 24.6 Å². The van der Waals surface area contributed by atoms with Crippen molar-refractivity contribution in [3.05, 3.63) is 34.6 Å². The summed E-state index contributed by atoms with van der Waals surface area (Å²) in [5, 5.41) is 2.77. The van der Waals surface area contributed by atoms with Crippen molar-refractivity contribution >= 4 is 41.8 Å². The summed E-state index contributed by atoms with van der Waals surface area (Å²) in [5.41, 5.74) is 0.401. The molecule has 1 aromatic carbocycles. The van der Waals surface area contributed by atoms with Gasteiger partial charge in [0.05, 0.1) is 23.9 Å². The van der Waals surface area contributed by atoms with Gasteiger partial charge in [0.25, 0.3) is 0 Å². The Bertz CT molecular complexity index is 818. The molecule has 0 bridgehead atoms. The molecule has 1 heterocycles. The maximum Gasteiger partial charge on any atom is 0.348 e. The number of ether oxygens (including phenoxy) is 2. The first kappa shape index (κ1) is 23.5. The molecule has 0 saturated carbocycles. The van der Waals surface area contributed by atoms with E-state index < -0.39 is 17.8 Å². The van der Waals surface area contributed by atoms with Crippen LogP contribution in [0.2, 0.25) is 0 Å². The minimum absolute atomic E-state index is 0.0131. The normalized spacial score (nSPS) is 13.5. The Balaban J connectivity index is 2.25. The number of thiol groups is 1.